The van der Waals surface area contributed by atoms with Gasteiger partial charge in [0, 0.05) is 10.9 Å². The van der Waals surface area contributed by atoms with Gasteiger partial charge >= 0.3 is 5.97 Å². The fraction of sp³-hybridized carbons (Fsp3) is 0.263. The fourth-order valence-corrected chi connectivity index (χ4v) is 3.15. The molecule has 1 aliphatic rings. The molecule has 0 heterocycles. The Morgan fingerprint density at radius 3 is 2.25 bits per heavy atom. The highest BCUT2D eigenvalue weighted by molar-refractivity contribution is 9.10. The van der Waals surface area contributed by atoms with Gasteiger partial charge in [-0.1, -0.05) is 58.4 Å². The number of carbonyl (C=O) groups is 2. The van der Waals surface area contributed by atoms with E-state index in [9.17, 15) is 14.7 Å². The smallest absolute Gasteiger partial charge is 0.326 e. The van der Waals surface area contributed by atoms with E-state index < -0.39 is 17.4 Å². The summed E-state index contributed by atoms with van der Waals surface area (Å²) in [6, 6.07) is 16.1. The number of nitrogens with one attached hydrogen (secondary N) is 1. The summed E-state index contributed by atoms with van der Waals surface area (Å²) in [5.41, 5.74) is 1.25. The molecule has 4 nitrogen and oxygen atoms in total. The van der Waals surface area contributed by atoms with Crippen molar-refractivity contribution in [2.45, 2.75) is 30.7 Å². The van der Waals surface area contributed by atoms with E-state index in [1.807, 2.05) is 54.6 Å². The summed E-state index contributed by atoms with van der Waals surface area (Å²) < 4.78 is 0.954. The van der Waals surface area contributed by atoms with Crippen molar-refractivity contribution in [2.75, 3.05) is 0 Å². The number of amides is 1. The number of rotatable bonds is 6. The van der Waals surface area contributed by atoms with Gasteiger partial charge in [0.1, 0.15) is 6.04 Å². The number of aliphatic carboxylic acids is 1. The zero-order chi connectivity index (χ0) is 17.2. The van der Waals surface area contributed by atoms with E-state index in [4.69, 9.17) is 0 Å². The van der Waals surface area contributed by atoms with Crippen molar-refractivity contribution in [3.8, 4) is 0 Å². The molecule has 0 saturated heterocycles. The standard InChI is InChI=1S/C19H18BrNO3/c20-15-8-6-14(7-9-15)19(10-11-19)18(24)21-16(17(22)23)12-13-4-2-1-3-5-13/h1-9,16H,10-12H2,(H,21,24)(H,22,23). The first-order valence-corrected chi connectivity index (χ1v) is 8.64. The Balaban J connectivity index is 1.74. The Morgan fingerprint density at radius 1 is 1.08 bits per heavy atom. The summed E-state index contributed by atoms with van der Waals surface area (Å²) in [6.07, 6.45) is 1.77. The predicted octanol–water partition coefficient (Wildman–Crippen LogP) is 3.29. The SMILES string of the molecule is O=C(O)C(Cc1ccccc1)NC(=O)C1(c2ccc(Br)cc2)CC1. The second-order valence-corrected chi connectivity index (χ2v) is 7.06. The van der Waals surface area contributed by atoms with E-state index in [0.717, 1.165) is 28.4 Å². The van der Waals surface area contributed by atoms with Crippen molar-refractivity contribution in [2.24, 2.45) is 0 Å². The molecule has 2 aromatic rings. The van der Waals surface area contributed by atoms with Gasteiger partial charge in [-0.05, 0) is 36.1 Å². The lowest BCUT2D eigenvalue weighted by Gasteiger charge is -2.20. The van der Waals surface area contributed by atoms with E-state index in [2.05, 4.69) is 21.2 Å². The van der Waals surface area contributed by atoms with Gasteiger partial charge in [0.05, 0.1) is 5.41 Å². The molecule has 1 aliphatic carbocycles. The average molecular weight is 388 g/mol. The van der Waals surface area contributed by atoms with Gasteiger partial charge in [-0.3, -0.25) is 4.79 Å². The first kappa shape index (κ1) is 16.7. The van der Waals surface area contributed by atoms with Crippen LogP contribution in [0.25, 0.3) is 0 Å². The molecule has 24 heavy (non-hydrogen) atoms. The number of hydrogen-bond acceptors (Lipinski definition) is 2. The molecule has 1 saturated carbocycles. The van der Waals surface area contributed by atoms with Crippen LogP contribution in [0.2, 0.25) is 0 Å². The molecule has 2 N–H and O–H groups in total. The van der Waals surface area contributed by atoms with Crippen LogP contribution in [0.5, 0.6) is 0 Å². The Kier molecular flexibility index (Phi) is 4.71. The van der Waals surface area contributed by atoms with Crippen molar-refractivity contribution in [3.05, 3.63) is 70.2 Å². The minimum atomic E-state index is -1.01. The average Bonchev–Trinajstić information content (AvgIpc) is 3.37. The normalized spacial score (nSPS) is 16.2. The molecule has 0 radical (unpaired) electrons. The topological polar surface area (TPSA) is 66.4 Å². The number of halogens is 1. The molecule has 0 bridgehead atoms. The maximum absolute atomic E-state index is 12.7. The predicted molar refractivity (Wildman–Crippen MR) is 94.8 cm³/mol. The second-order valence-electron chi connectivity index (χ2n) is 6.14. The first-order chi connectivity index (χ1) is 11.5. The summed E-state index contributed by atoms with van der Waals surface area (Å²) in [7, 11) is 0. The lowest BCUT2D eigenvalue weighted by molar-refractivity contribution is -0.142. The van der Waals surface area contributed by atoms with Crippen molar-refractivity contribution < 1.29 is 14.7 Å². The molecule has 0 spiro atoms. The van der Waals surface area contributed by atoms with Gasteiger partial charge in [-0.25, -0.2) is 4.79 Å². The summed E-state index contributed by atoms with van der Waals surface area (Å²) >= 11 is 3.39. The molecular formula is C19H18BrNO3. The molecule has 3 rings (SSSR count). The Hall–Kier alpha value is -2.14. The third-order valence-electron chi connectivity index (χ3n) is 4.47. The third-order valence-corrected chi connectivity index (χ3v) is 5.00. The van der Waals surface area contributed by atoms with E-state index >= 15 is 0 Å². The van der Waals surface area contributed by atoms with Crippen LogP contribution in [0.4, 0.5) is 0 Å². The van der Waals surface area contributed by atoms with Gasteiger partial charge in [-0.15, -0.1) is 0 Å². The van der Waals surface area contributed by atoms with Gasteiger partial charge in [-0.2, -0.15) is 0 Å². The summed E-state index contributed by atoms with van der Waals surface area (Å²) in [6.45, 7) is 0. The maximum atomic E-state index is 12.7. The number of hydrogen-bond donors (Lipinski definition) is 2. The number of carbonyl (C=O) groups excluding carboxylic acids is 1. The van der Waals surface area contributed by atoms with Crippen molar-refractivity contribution >= 4 is 27.8 Å². The zero-order valence-electron chi connectivity index (χ0n) is 13.0. The molecule has 2 aromatic carbocycles. The molecule has 1 unspecified atom stereocenters. The molecular weight excluding hydrogens is 370 g/mol. The quantitative estimate of drug-likeness (QED) is 0.798. The van der Waals surface area contributed by atoms with Crippen LogP contribution >= 0.6 is 15.9 Å². The van der Waals surface area contributed by atoms with Crippen LogP contribution in [-0.4, -0.2) is 23.0 Å². The molecule has 0 aromatic heterocycles. The zero-order valence-corrected chi connectivity index (χ0v) is 14.6. The van der Waals surface area contributed by atoms with E-state index in [-0.39, 0.29) is 12.3 Å². The van der Waals surface area contributed by atoms with Crippen LogP contribution in [-0.2, 0) is 21.4 Å². The first-order valence-electron chi connectivity index (χ1n) is 7.85. The molecule has 5 heteroatoms. The van der Waals surface area contributed by atoms with Gasteiger partial charge in [0.15, 0.2) is 0 Å². The lowest BCUT2D eigenvalue weighted by atomic mass is 9.94. The minimum absolute atomic E-state index is 0.201. The number of carboxylic acids is 1. The molecule has 1 amide bonds. The maximum Gasteiger partial charge on any atom is 0.326 e. The molecule has 1 fully saturated rings. The van der Waals surface area contributed by atoms with Crippen LogP contribution in [0.1, 0.15) is 24.0 Å². The second kappa shape index (κ2) is 6.77. The largest absolute Gasteiger partial charge is 0.480 e. The van der Waals surface area contributed by atoms with Gasteiger partial charge in [0.25, 0.3) is 0 Å². The Morgan fingerprint density at radius 2 is 1.71 bits per heavy atom. The summed E-state index contributed by atoms with van der Waals surface area (Å²) in [5.74, 6) is -1.22. The van der Waals surface area contributed by atoms with E-state index in [1.54, 1.807) is 0 Å². The highest BCUT2D eigenvalue weighted by Crippen LogP contribution is 2.48. The fourth-order valence-electron chi connectivity index (χ4n) is 2.89. The third kappa shape index (κ3) is 3.51. The van der Waals surface area contributed by atoms with Crippen LogP contribution in [0, 0.1) is 0 Å². The Labute approximate surface area is 149 Å². The van der Waals surface area contributed by atoms with Crippen molar-refractivity contribution in [1.82, 2.24) is 5.32 Å². The van der Waals surface area contributed by atoms with Crippen molar-refractivity contribution in [1.29, 1.82) is 0 Å². The van der Waals surface area contributed by atoms with Gasteiger partial charge < -0.3 is 10.4 Å². The highest BCUT2D eigenvalue weighted by atomic mass is 79.9. The monoisotopic (exact) mass is 387 g/mol. The molecule has 124 valence electrons. The summed E-state index contributed by atoms with van der Waals surface area (Å²) in [4.78, 5) is 24.3. The highest BCUT2D eigenvalue weighted by Gasteiger charge is 2.51. The molecule has 0 aliphatic heterocycles. The van der Waals surface area contributed by atoms with E-state index in [1.165, 1.54) is 0 Å². The molecule has 1 atom stereocenters. The number of benzene rings is 2. The van der Waals surface area contributed by atoms with Crippen molar-refractivity contribution in [3.63, 3.8) is 0 Å². The minimum Gasteiger partial charge on any atom is -0.480 e. The van der Waals surface area contributed by atoms with Crippen LogP contribution < -0.4 is 5.32 Å². The van der Waals surface area contributed by atoms with Crippen LogP contribution in [0.3, 0.4) is 0 Å². The Bertz CT molecular complexity index is 739. The lowest BCUT2D eigenvalue weighted by Crippen LogP contribution is -2.46. The van der Waals surface area contributed by atoms with Gasteiger partial charge in [0.2, 0.25) is 5.91 Å². The van der Waals surface area contributed by atoms with E-state index in [0.29, 0.717) is 0 Å². The van der Waals surface area contributed by atoms with Crippen LogP contribution in [0.15, 0.2) is 59.1 Å². The number of carboxylic acid groups (broad SMARTS) is 1. The summed E-state index contributed by atoms with van der Waals surface area (Å²) in [5, 5.41) is 12.2.